The van der Waals surface area contributed by atoms with E-state index in [1.54, 1.807) is 14.2 Å². The molecule has 0 aliphatic rings. The summed E-state index contributed by atoms with van der Waals surface area (Å²) in [6.07, 6.45) is 0.661. The first-order chi connectivity index (χ1) is 14.6. The number of nitrogens with zero attached hydrogens (tertiary/aromatic N) is 4. The molecule has 0 bridgehead atoms. The highest BCUT2D eigenvalue weighted by atomic mass is 16.5. The summed E-state index contributed by atoms with van der Waals surface area (Å²) in [5, 5.41) is 15.1. The molecular weight excluding hydrogens is 386 g/mol. The van der Waals surface area contributed by atoms with Crippen LogP contribution in [0.1, 0.15) is 12.5 Å². The van der Waals surface area contributed by atoms with Crippen LogP contribution in [0.4, 0.5) is 0 Å². The number of ether oxygens (including phenoxy) is 3. The molecule has 3 rings (SSSR count). The van der Waals surface area contributed by atoms with Gasteiger partial charge < -0.3 is 19.5 Å². The monoisotopic (exact) mass is 411 g/mol. The van der Waals surface area contributed by atoms with Crippen molar-refractivity contribution in [1.29, 1.82) is 0 Å². The highest BCUT2D eigenvalue weighted by Crippen LogP contribution is 2.27. The van der Waals surface area contributed by atoms with Crippen molar-refractivity contribution in [3.63, 3.8) is 0 Å². The van der Waals surface area contributed by atoms with Crippen LogP contribution in [0.3, 0.4) is 0 Å². The van der Waals surface area contributed by atoms with E-state index in [0.29, 0.717) is 36.9 Å². The summed E-state index contributed by atoms with van der Waals surface area (Å²) < 4.78 is 15.9. The van der Waals surface area contributed by atoms with Gasteiger partial charge in [-0.1, -0.05) is 6.07 Å². The smallest absolute Gasteiger partial charge is 0.243 e. The Morgan fingerprint density at radius 2 is 1.83 bits per heavy atom. The van der Waals surface area contributed by atoms with Crippen LogP contribution in [0.5, 0.6) is 17.2 Å². The summed E-state index contributed by atoms with van der Waals surface area (Å²) in [5.74, 6) is 2.38. The van der Waals surface area contributed by atoms with Crippen molar-refractivity contribution >= 4 is 5.91 Å². The first kappa shape index (κ1) is 21.1. The van der Waals surface area contributed by atoms with E-state index in [2.05, 4.69) is 20.7 Å². The van der Waals surface area contributed by atoms with E-state index < -0.39 is 0 Å². The highest BCUT2D eigenvalue weighted by molar-refractivity contribution is 5.75. The molecule has 1 N–H and O–H groups in total. The second-order valence-corrected chi connectivity index (χ2v) is 6.39. The summed E-state index contributed by atoms with van der Waals surface area (Å²) in [7, 11) is 3.19. The molecule has 1 heterocycles. The van der Waals surface area contributed by atoms with Crippen molar-refractivity contribution in [2.24, 2.45) is 0 Å². The van der Waals surface area contributed by atoms with Crippen molar-refractivity contribution < 1.29 is 19.0 Å². The second-order valence-electron chi connectivity index (χ2n) is 6.39. The lowest BCUT2D eigenvalue weighted by Gasteiger charge is -2.10. The largest absolute Gasteiger partial charge is 0.494 e. The molecule has 0 aliphatic carbocycles. The predicted molar refractivity (Wildman–Crippen MR) is 111 cm³/mol. The Labute approximate surface area is 175 Å². The van der Waals surface area contributed by atoms with E-state index >= 15 is 0 Å². The number of tetrazole rings is 1. The third-order valence-corrected chi connectivity index (χ3v) is 4.35. The van der Waals surface area contributed by atoms with Crippen molar-refractivity contribution in [3.8, 4) is 28.6 Å². The SMILES string of the molecule is CCOc1ccc(-c2nnn(CC(=O)NCCc3ccc(OC)c(OC)c3)n2)cc1. The molecule has 1 amide bonds. The molecule has 0 radical (unpaired) electrons. The average molecular weight is 411 g/mol. The van der Waals surface area contributed by atoms with Gasteiger partial charge in [0.1, 0.15) is 12.3 Å². The van der Waals surface area contributed by atoms with Gasteiger partial charge in [0.15, 0.2) is 11.5 Å². The Hall–Kier alpha value is -3.62. The molecule has 0 atom stereocenters. The maximum atomic E-state index is 12.2. The normalized spacial score (nSPS) is 10.5. The minimum atomic E-state index is -0.189. The van der Waals surface area contributed by atoms with Gasteiger partial charge in [-0.15, -0.1) is 10.2 Å². The minimum absolute atomic E-state index is 0.00400. The third kappa shape index (κ3) is 5.47. The number of methoxy groups -OCH3 is 2. The van der Waals surface area contributed by atoms with Crippen molar-refractivity contribution in [2.45, 2.75) is 19.9 Å². The summed E-state index contributed by atoms with van der Waals surface area (Å²) in [6.45, 7) is 3.01. The Morgan fingerprint density at radius 3 is 2.53 bits per heavy atom. The van der Waals surface area contributed by atoms with Gasteiger partial charge in [-0.25, -0.2) is 0 Å². The molecular formula is C21H25N5O4. The van der Waals surface area contributed by atoms with E-state index in [1.807, 2.05) is 49.4 Å². The molecule has 0 saturated heterocycles. The summed E-state index contributed by atoms with van der Waals surface area (Å²) in [6, 6.07) is 13.1. The van der Waals surface area contributed by atoms with Crippen LogP contribution in [0.25, 0.3) is 11.4 Å². The van der Waals surface area contributed by atoms with Crippen molar-refractivity contribution in [3.05, 3.63) is 48.0 Å². The topological polar surface area (TPSA) is 100 Å². The quantitative estimate of drug-likeness (QED) is 0.545. The molecule has 3 aromatic rings. The number of hydrogen-bond acceptors (Lipinski definition) is 7. The first-order valence-corrected chi connectivity index (χ1v) is 9.61. The highest BCUT2D eigenvalue weighted by Gasteiger charge is 2.10. The van der Waals surface area contributed by atoms with Crippen LogP contribution in [0, 0.1) is 0 Å². The van der Waals surface area contributed by atoms with Gasteiger partial charge in [0.05, 0.1) is 20.8 Å². The standard InChI is InChI=1S/C21H25N5O4/c1-4-30-17-8-6-16(7-9-17)21-23-25-26(24-21)14-20(27)22-12-11-15-5-10-18(28-2)19(13-15)29-3/h5-10,13H,4,11-12,14H2,1-3H3,(H,22,27). The molecule has 0 saturated carbocycles. The lowest BCUT2D eigenvalue weighted by atomic mass is 10.1. The molecule has 9 nitrogen and oxygen atoms in total. The third-order valence-electron chi connectivity index (χ3n) is 4.35. The van der Waals surface area contributed by atoms with Crippen LogP contribution in [0.15, 0.2) is 42.5 Å². The molecule has 0 aliphatic heterocycles. The number of hydrogen-bond donors (Lipinski definition) is 1. The lowest BCUT2D eigenvalue weighted by molar-refractivity contribution is -0.122. The maximum absolute atomic E-state index is 12.2. The Balaban J connectivity index is 1.50. The maximum Gasteiger partial charge on any atom is 0.243 e. The van der Waals surface area contributed by atoms with Gasteiger partial charge in [-0.3, -0.25) is 4.79 Å². The van der Waals surface area contributed by atoms with Crippen LogP contribution in [-0.2, 0) is 17.8 Å². The number of aromatic nitrogens is 4. The predicted octanol–water partition coefficient (Wildman–Crippen LogP) is 2.11. The van der Waals surface area contributed by atoms with Crippen molar-refractivity contribution in [1.82, 2.24) is 25.5 Å². The lowest BCUT2D eigenvalue weighted by Crippen LogP contribution is -2.30. The van der Waals surface area contributed by atoms with Gasteiger partial charge in [-0.2, -0.15) is 4.80 Å². The number of carbonyl (C=O) groups is 1. The average Bonchev–Trinajstić information content (AvgIpc) is 3.22. The molecule has 1 aromatic heterocycles. The molecule has 0 fully saturated rings. The fourth-order valence-electron chi connectivity index (χ4n) is 2.86. The van der Waals surface area contributed by atoms with Crippen LogP contribution in [0.2, 0.25) is 0 Å². The molecule has 9 heteroatoms. The van der Waals surface area contributed by atoms with Gasteiger partial charge >= 0.3 is 0 Å². The fraction of sp³-hybridized carbons (Fsp3) is 0.333. The van der Waals surface area contributed by atoms with E-state index in [-0.39, 0.29) is 12.5 Å². The zero-order valence-electron chi connectivity index (χ0n) is 17.3. The van der Waals surface area contributed by atoms with E-state index in [4.69, 9.17) is 14.2 Å². The number of benzene rings is 2. The fourth-order valence-corrected chi connectivity index (χ4v) is 2.86. The summed E-state index contributed by atoms with van der Waals surface area (Å²) in [5.41, 5.74) is 1.84. The van der Waals surface area contributed by atoms with Gasteiger partial charge in [0.2, 0.25) is 11.7 Å². The molecule has 0 unspecified atom stereocenters. The second kappa shape index (κ2) is 10.2. The molecule has 30 heavy (non-hydrogen) atoms. The van der Waals surface area contributed by atoms with Crippen molar-refractivity contribution in [2.75, 3.05) is 27.4 Å². The number of nitrogens with one attached hydrogen (secondary N) is 1. The van der Waals surface area contributed by atoms with E-state index in [1.165, 1.54) is 4.80 Å². The Morgan fingerprint density at radius 1 is 1.07 bits per heavy atom. The molecule has 2 aromatic carbocycles. The molecule has 158 valence electrons. The van der Waals surface area contributed by atoms with Crippen LogP contribution < -0.4 is 19.5 Å². The summed E-state index contributed by atoms with van der Waals surface area (Å²) >= 11 is 0. The zero-order valence-corrected chi connectivity index (χ0v) is 17.3. The molecule has 0 spiro atoms. The van der Waals surface area contributed by atoms with E-state index in [0.717, 1.165) is 16.9 Å². The summed E-state index contributed by atoms with van der Waals surface area (Å²) in [4.78, 5) is 13.5. The number of amides is 1. The number of carbonyl (C=O) groups excluding carboxylic acids is 1. The minimum Gasteiger partial charge on any atom is -0.494 e. The van der Waals surface area contributed by atoms with Gasteiger partial charge in [0, 0.05) is 12.1 Å². The van der Waals surface area contributed by atoms with E-state index in [9.17, 15) is 4.79 Å². The number of rotatable bonds is 10. The zero-order chi connectivity index (χ0) is 21.3. The van der Waals surface area contributed by atoms with Gasteiger partial charge in [-0.05, 0) is 60.5 Å². The Kier molecular flexibility index (Phi) is 7.20. The first-order valence-electron chi connectivity index (χ1n) is 9.61. The van der Waals surface area contributed by atoms with Crippen LogP contribution in [-0.4, -0.2) is 53.5 Å². The van der Waals surface area contributed by atoms with Crippen LogP contribution >= 0.6 is 0 Å². The Bertz CT molecular complexity index is 972. The van der Waals surface area contributed by atoms with Gasteiger partial charge in [0.25, 0.3) is 0 Å².